The number of rotatable bonds is 8. The number of benzene rings is 2. The average molecular weight is 483 g/mol. The Morgan fingerprint density at radius 2 is 1.82 bits per heavy atom. The third-order valence-corrected chi connectivity index (χ3v) is 6.76. The Bertz CT molecular complexity index is 1120. The molecule has 1 aromatic heterocycles. The monoisotopic (exact) mass is 482 g/mol. The van der Waals surface area contributed by atoms with E-state index in [2.05, 4.69) is 21.6 Å². The molecule has 1 N–H and O–H groups in total. The van der Waals surface area contributed by atoms with E-state index < -0.39 is 0 Å². The predicted molar refractivity (Wildman–Crippen MR) is 131 cm³/mol. The highest BCUT2D eigenvalue weighted by atomic mass is 32.2. The Hall–Kier alpha value is -3.53. The van der Waals surface area contributed by atoms with Crippen molar-refractivity contribution in [2.24, 2.45) is 5.92 Å². The lowest BCUT2D eigenvalue weighted by molar-refractivity contribution is -0.758. The number of nitrogens with one attached hydrogen (secondary N) is 1. The number of carbonyl (C=O) groups excluding carboxylic acids is 2. The Morgan fingerprint density at radius 3 is 2.56 bits per heavy atom. The van der Waals surface area contributed by atoms with E-state index in [1.165, 1.54) is 0 Å². The van der Waals surface area contributed by atoms with Crippen LogP contribution in [0.1, 0.15) is 17.3 Å². The van der Waals surface area contributed by atoms with E-state index in [-0.39, 0.29) is 22.8 Å². The first-order chi connectivity index (χ1) is 16.5. The van der Waals surface area contributed by atoms with E-state index in [1.807, 2.05) is 41.4 Å². The van der Waals surface area contributed by atoms with Crippen LogP contribution in [0.25, 0.3) is 0 Å². The van der Waals surface area contributed by atoms with Crippen molar-refractivity contribution in [2.75, 3.05) is 54.3 Å². The molecule has 1 saturated heterocycles. The van der Waals surface area contributed by atoms with Gasteiger partial charge in [0.15, 0.2) is 0 Å². The third-order valence-electron chi connectivity index (χ3n) is 5.60. The molecule has 34 heavy (non-hydrogen) atoms. The Labute approximate surface area is 202 Å². The van der Waals surface area contributed by atoms with Crippen LogP contribution in [0.3, 0.4) is 0 Å². The Morgan fingerprint density at radius 1 is 1.12 bits per heavy atom. The molecule has 1 fully saturated rings. The van der Waals surface area contributed by atoms with Gasteiger partial charge in [-0.15, -0.1) is 5.01 Å². The largest absolute Gasteiger partial charge is 0.495 e. The van der Waals surface area contributed by atoms with Gasteiger partial charge in [-0.3, -0.25) is 19.4 Å². The SMILES string of the molecule is COc1ccccc1N1CCN([n+]2cc(NC(=O)[C@H](C)CSC(=O)c3ccccc3)on2)CC1. The predicted octanol–water partition coefficient (Wildman–Crippen LogP) is 2.58. The lowest BCUT2D eigenvalue weighted by Gasteiger charge is -2.32. The number of nitrogens with zero attached hydrogens (tertiary/aromatic N) is 4. The van der Waals surface area contributed by atoms with Gasteiger partial charge in [0.05, 0.1) is 30.7 Å². The van der Waals surface area contributed by atoms with Gasteiger partial charge in [0.1, 0.15) is 5.75 Å². The summed E-state index contributed by atoms with van der Waals surface area (Å²) in [5.74, 6) is 0.896. The smallest absolute Gasteiger partial charge is 0.305 e. The molecule has 4 rings (SSSR count). The Balaban J connectivity index is 1.26. The van der Waals surface area contributed by atoms with Crippen molar-refractivity contribution >= 4 is 34.4 Å². The molecule has 178 valence electrons. The van der Waals surface area contributed by atoms with Crippen molar-refractivity contribution in [3.63, 3.8) is 0 Å². The number of carbonyl (C=O) groups is 2. The minimum absolute atomic E-state index is 0.0509. The standard InChI is InChI=1S/C24H27N5O4S/c1-18(17-34-24(31)19-8-4-3-5-9-19)23(30)25-22-16-29(26-33-22)28-14-12-27(13-15-28)20-10-6-7-11-21(20)32-2/h3-11,16,18H,12-15,17H2,1-2H3/p+1/t18-/m1/s1. The van der Waals surface area contributed by atoms with Crippen molar-refractivity contribution in [3.05, 3.63) is 66.4 Å². The molecule has 1 aliphatic rings. The minimum Gasteiger partial charge on any atom is -0.495 e. The molecule has 0 bridgehead atoms. The van der Waals surface area contributed by atoms with Crippen LogP contribution in [-0.2, 0) is 4.79 Å². The molecular weight excluding hydrogens is 454 g/mol. The Kier molecular flexibility index (Phi) is 7.69. The number of hydrogen-bond acceptors (Lipinski definition) is 8. The van der Waals surface area contributed by atoms with Crippen LogP contribution in [-0.4, -0.2) is 55.3 Å². The van der Waals surface area contributed by atoms with Crippen LogP contribution in [0.5, 0.6) is 5.75 Å². The molecule has 0 aliphatic carbocycles. The first-order valence-corrected chi connectivity index (χ1v) is 12.1. The maximum atomic E-state index is 12.5. The second-order valence-corrected chi connectivity index (χ2v) is 8.95. The molecule has 0 saturated carbocycles. The van der Waals surface area contributed by atoms with Gasteiger partial charge in [0.2, 0.25) is 16.3 Å². The summed E-state index contributed by atoms with van der Waals surface area (Å²) >= 11 is 1.13. The van der Waals surface area contributed by atoms with Gasteiger partial charge in [0, 0.05) is 30.3 Å². The van der Waals surface area contributed by atoms with E-state index >= 15 is 0 Å². The van der Waals surface area contributed by atoms with Gasteiger partial charge in [-0.2, -0.15) is 0 Å². The summed E-state index contributed by atoms with van der Waals surface area (Å²) in [6.45, 7) is 4.84. The van der Waals surface area contributed by atoms with Gasteiger partial charge < -0.3 is 9.64 Å². The maximum absolute atomic E-state index is 12.5. The summed E-state index contributed by atoms with van der Waals surface area (Å²) < 4.78 is 10.8. The fourth-order valence-electron chi connectivity index (χ4n) is 3.64. The maximum Gasteiger partial charge on any atom is 0.305 e. The quantitative estimate of drug-likeness (QED) is 0.490. The number of para-hydroxylation sites is 2. The zero-order chi connectivity index (χ0) is 23.9. The van der Waals surface area contributed by atoms with E-state index in [9.17, 15) is 9.59 Å². The fourth-order valence-corrected chi connectivity index (χ4v) is 4.49. The van der Waals surface area contributed by atoms with Crippen molar-refractivity contribution in [1.29, 1.82) is 0 Å². The van der Waals surface area contributed by atoms with E-state index in [0.717, 1.165) is 49.4 Å². The molecule has 0 spiro atoms. The van der Waals surface area contributed by atoms with E-state index in [1.54, 1.807) is 37.2 Å². The summed E-state index contributed by atoms with van der Waals surface area (Å²) in [5, 5.41) is 8.79. The first-order valence-electron chi connectivity index (χ1n) is 11.1. The normalized spacial score (nSPS) is 14.5. The number of hydrogen-bond donors (Lipinski definition) is 1. The topological polar surface area (TPSA) is 91.8 Å². The highest BCUT2D eigenvalue weighted by Gasteiger charge is 2.28. The van der Waals surface area contributed by atoms with Crippen molar-refractivity contribution in [1.82, 2.24) is 5.27 Å². The summed E-state index contributed by atoms with van der Waals surface area (Å²) in [4.78, 5) is 28.7. The molecule has 10 heteroatoms. The lowest BCUT2D eigenvalue weighted by atomic mass is 10.2. The van der Waals surface area contributed by atoms with Crippen LogP contribution in [0.4, 0.5) is 11.6 Å². The molecule has 1 amide bonds. The van der Waals surface area contributed by atoms with Crippen molar-refractivity contribution < 1.29 is 23.6 Å². The van der Waals surface area contributed by atoms with Gasteiger partial charge in [-0.1, -0.05) is 61.2 Å². The summed E-state index contributed by atoms with van der Waals surface area (Å²) in [6, 6.07) is 17.0. The van der Waals surface area contributed by atoms with Crippen molar-refractivity contribution in [2.45, 2.75) is 6.92 Å². The third kappa shape index (κ3) is 5.69. The zero-order valence-corrected chi connectivity index (χ0v) is 20.0. The molecular formula is C24H28N5O4S+. The highest BCUT2D eigenvalue weighted by molar-refractivity contribution is 8.14. The molecule has 1 atom stereocenters. The second-order valence-electron chi connectivity index (χ2n) is 7.95. The zero-order valence-electron chi connectivity index (χ0n) is 19.2. The number of amides is 1. The number of piperazine rings is 1. The van der Waals surface area contributed by atoms with Crippen LogP contribution in [0, 0.1) is 5.92 Å². The number of thioether (sulfide) groups is 1. The summed E-state index contributed by atoms with van der Waals surface area (Å²) in [6.07, 6.45) is 1.66. The van der Waals surface area contributed by atoms with E-state index in [4.69, 9.17) is 9.26 Å². The lowest BCUT2D eigenvalue weighted by Crippen LogP contribution is -2.65. The molecule has 0 unspecified atom stereocenters. The number of methoxy groups -OCH3 is 1. The van der Waals surface area contributed by atoms with Crippen molar-refractivity contribution in [3.8, 4) is 5.75 Å². The van der Waals surface area contributed by atoms with Crippen LogP contribution in [0.2, 0.25) is 0 Å². The second kappa shape index (κ2) is 11.1. The van der Waals surface area contributed by atoms with Gasteiger partial charge >= 0.3 is 5.88 Å². The molecule has 9 nitrogen and oxygen atoms in total. The molecule has 2 aromatic carbocycles. The highest BCUT2D eigenvalue weighted by Crippen LogP contribution is 2.28. The van der Waals surface area contributed by atoms with Gasteiger partial charge in [0.25, 0.3) is 6.20 Å². The number of anilines is 2. The average Bonchev–Trinajstić information content (AvgIpc) is 3.36. The summed E-state index contributed by atoms with van der Waals surface area (Å²) in [5.41, 5.74) is 1.70. The number of aromatic nitrogens is 2. The minimum atomic E-state index is -0.374. The van der Waals surface area contributed by atoms with Crippen LogP contribution in [0.15, 0.2) is 65.3 Å². The first kappa shape index (κ1) is 23.6. The van der Waals surface area contributed by atoms with E-state index in [0.29, 0.717) is 11.3 Å². The van der Waals surface area contributed by atoms with Crippen LogP contribution >= 0.6 is 11.8 Å². The molecule has 1 aliphatic heterocycles. The molecule has 0 radical (unpaired) electrons. The fraction of sp³-hybridized carbons (Fsp3) is 0.333. The summed E-state index contributed by atoms with van der Waals surface area (Å²) in [7, 11) is 1.68. The number of ether oxygens (including phenoxy) is 1. The molecule has 3 aromatic rings. The molecule has 2 heterocycles. The van der Waals surface area contributed by atoms with Crippen LogP contribution < -0.4 is 24.8 Å². The van der Waals surface area contributed by atoms with Gasteiger partial charge in [-0.05, 0) is 12.1 Å². The van der Waals surface area contributed by atoms with Gasteiger partial charge in [-0.25, -0.2) is 0 Å².